The number of nitrogens with zero attached hydrogens (tertiary/aromatic N) is 1. The highest BCUT2D eigenvalue weighted by molar-refractivity contribution is 4.65. The zero-order valence-electron chi connectivity index (χ0n) is 6.68. The average Bonchev–Trinajstić information content (AvgIpc) is 2.33. The Hall–Kier alpha value is -0.340. The van der Waals surface area contributed by atoms with E-state index in [0.717, 1.165) is 30.8 Å². The molecule has 0 amide bonds. The summed E-state index contributed by atoms with van der Waals surface area (Å²) < 4.78 is 6.36. The first kappa shape index (κ1) is 7.76. The van der Waals surface area contributed by atoms with E-state index >= 15 is 0 Å². The van der Waals surface area contributed by atoms with Crippen LogP contribution in [0.1, 0.15) is 6.42 Å². The number of likely N-dealkylation sites (N-methyl/N-ethyl adjacent to an activating group) is 1. The van der Waals surface area contributed by atoms with E-state index in [4.69, 9.17) is 4.74 Å². The zero-order valence-corrected chi connectivity index (χ0v) is 6.68. The lowest BCUT2D eigenvalue weighted by atomic mass is 10.3. The van der Waals surface area contributed by atoms with E-state index in [1.54, 1.807) is 0 Å². The fraction of sp³-hybridized carbons (Fsp3) is 0.750. The first-order valence-corrected chi connectivity index (χ1v) is 3.79. The van der Waals surface area contributed by atoms with E-state index in [0.29, 0.717) is 0 Å². The van der Waals surface area contributed by atoms with Crippen molar-refractivity contribution in [2.24, 2.45) is 0 Å². The van der Waals surface area contributed by atoms with Gasteiger partial charge in [0.2, 0.25) is 0 Å². The van der Waals surface area contributed by atoms with Crippen LogP contribution in [0.15, 0.2) is 12.7 Å². The van der Waals surface area contributed by atoms with Gasteiger partial charge in [0.25, 0.3) is 0 Å². The second kappa shape index (κ2) is 3.17. The quantitative estimate of drug-likeness (QED) is 0.422. The Kier molecular flexibility index (Phi) is 2.46. The van der Waals surface area contributed by atoms with Crippen LogP contribution in [-0.2, 0) is 4.74 Å². The lowest BCUT2D eigenvalue weighted by Crippen LogP contribution is -2.41. The van der Waals surface area contributed by atoms with Crippen molar-refractivity contribution in [1.82, 2.24) is 0 Å². The Morgan fingerprint density at radius 1 is 1.70 bits per heavy atom. The van der Waals surface area contributed by atoms with Crippen molar-refractivity contribution in [2.45, 2.75) is 6.42 Å². The summed E-state index contributed by atoms with van der Waals surface area (Å²) in [6.07, 6.45) is 3.07. The predicted octanol–water partition coefficient (Wildman–Crippen LogP) is 0.997. The number of quaternary nitrogens is 1. The molecule has 0 aromatic carbocycles. The van der Waals surface area contributed by atoms with Crippen LogP contribution in [-0.4, -0.2) is 38.0 Å². The van der Waals surface area contributed by atoms with Crippen LogP contribution in [0.5, 0.6) is 0 Å². The summed E-state index contributed by atoms with van der Waals surface area (Å²) in [6.45, 7) is 7.84. The molecule has 1 atom stereocenters. The molecule has 1 aliphatic rings. The second-order valence-electron chi connectivity index (χ2n) is 3.18. The van der Waals surface area contributed by atoms with E-state index in [1.165, 1.54) is 6.54 Å². The molecule has 0 spiro atoms. The molecule has 1 rings (SSSR count). The highest BCUT2D eigenvalue weighted by atomic mass is 16.5. The molecule has 2 nitrogen and oxygen atoms in total. The lowest BCUT2D eigenvalue weighted by Gasteiger charge is -2.26. The maximum absolute atomic E-state index is 5.30. The molecular formula is C8H16NO+. The minimum atomic E-state index is 0.883. The molecule has 10 heavy (non-hydrogen) atoms. The molecule has 0 aromatic rings. The van der Waals surface area contributed by atoms with Crippen molar-refractivity contribution in [3.8, 4) is 0 Å². The molecule has 0 bridgehead atoms. The van der Waals surface area contributed by atoms with Crippen LogP contribution in [0.2, 0.25) is 0 Å². The Labute approximate surface area is 62.7 Å². The van der Waals surface area contributed by atoms with Crippen molar-refractivity contribution in [3.63, 3.8) is 0 Å². The minimum Gasteiger partial charge on any atom is -0.326 e. The molecule has 1 unspecified atom stereocenters. The van der Waals surface area contributed by atoms with Crippen molar-refractivity contribution in [3.05, 3.63) is 12.7 Å². The highest BCUT2D eigenvalue weighted by Gasteiger charge is 2.25. The maximum Gasteiger partial charge on any atom is 0.183 e. The van der Waals surface area contributed by atoms with Gasteiger partial charge >= 0.3 is 0 Å². The number of hydrogen-bond donors (Lipinski definition) is 0. The Morgan fingerprint density at radius 3 is 3.00 bits per heavy atom. The van der Waals surface area contributed by atoms with Gasteiger partial charge < -0.3 is 9.22 Å². The summed E-state index contributed by atoms with van der Waals surface area (Å²) in [5, 5.41) is 0. The molecule has 58 valence electrons. The Balaban J connectivity index is 2.28. The second-order valence-corrected chi connectivity index (χ2v) is 3.18. The van der Waals surface area contributed by atoms with Gasteiger partial charge in [-0.2, -0.15) is 0 Å². The molecule has 0 aliphatic carbocycles. The van der Waals surface area contributed by atoms with Crippen LogP contribution < -0.4 is 0 Å². The SMILES string of the molecule is C=CCC[N+]1(C)CCOC1. The van der Waals surface area contributed by atoms with E-state index in [2.05, 4.69) is 13.6 Å². The summed E-state index contributed by atoms with van der Waals surface area (Å²) in [5.41, 5.74) is 0. The number of ether oxygens (including phenoxy) is 1. The summed E-state index contributed by atoms with van der Waals surface area (Å²) in [4.78, 5) is 0. The molecule has 1 aliphatic heterocycles. The third kappa shape index (κ3) is 1.82. The average molecular weight is 142 g/mol. The third-order valence-electron chi connectivity index (χ3n) is 2.05. The van der Waals surface area contributed by atoms with Crippen molar-refractivity contribution in [2.75, 3.05) is 33.5 Å². The first-order chi connectivity index (χ1) is 4.77. The summed E-state index contributed by atoms with van der Waals surface area (Å²) in [7, 11) is 2.23. The smallest absolute Gasteiger partial charge is 0.183 e. The monoisotopic (exact) mass is 142 g/mol. The van der Waals surface area contributed by atoms with Gasteiger partial charge in [0.15, 0.2) is 6.73 Å². The van der Waals surface area contributed by atoms with E-state index in [9.17, 15) is 0 Å². The van der Waals surface area contributed by atoms with Crippen molar-refractivity contribution < 1.29 is 9.22 Å². The molecule has 0 aromatic heterocycles. The largest absolute Gasteiger partial charge is 0.326 e. The van der Waals surface area contributed by atoms with Gasteiger partial charge in [-0.3, -0.25) is 0 Å². The van der Waals surface area contributed by atoms with Gasteiger partial charge in [0.1, 0.15) is 13.2 Å². The van der Waals surface area contributed by atoms with Gasteiger partial charge in [0, 0.05) is 6.42 Å². The third-order valence-corrected chi connectivity index (χ3v) is 2.05. The van der Waals surface area contributed by atoms with Crippen LogP contribution >= 0.6 is 0 Å². The standard InChI is InChI=1S/C8H16NO/c1-3-4-5-9(2)6-7-10-8-9/h3H,1,4-8H2,2H3/q+1. The Morgan fingerprint density at radius 2 is 2.50 bits per heavy atom. The fourth-order valence-electron chi connectivity index (χ4n) is 1.21. The normalized spacial score (nSPS) is 32.5. The number of rotatable bonds is 3. The topological polar surface area (TPSA) is 9.23 Å². The van der Waals surface area contributed by atoms with Crippen LogP contribution in [0.4, 0.5) is 0 Å². The van der Waals surface area contributed by atoms with Crippen LogP contribution in [0, 0.1) is 0 Å². The van der Waals surface area contributed by atoms with Gasteiger partial charge in [-0.25, -0.2) is 0 Å². The van der Waals surface area contributed by atoms with Crippen LogP contribution in [0.3, 0.4) is 0 Å². The lowest BCUT2D eigenvalue weighted by molar-refractivity contribution is -0.906. The summed E-state index contributed by atoms with van der Waals surface area (Å²) >= 11 is 0. The van der Waals surface area contributed by atoms with Crippen molar-refractivity contribution >= 4 is 0 Å². The van der Waals surface area contributed by atoms with E-state index < -0.39 is 0 Å². The minimum absolute atomic E-state index is 0.883. The molecular weight excluding hydrogens is 126 g/mol. The molecule has 2 heteroatoms. The molecule has 1 heterocycles. The van der Waals surface area contributed by atoms with Gasteiger partial charge in [-0.05, 0) is 0 Å². The molecule has 0 saturated carbocycles. The predicted molar refractivity (Wildman–Crippen MR) is 41.6 cm³/mol. The summed E-state index contributed by atoms with van der Waals surface area (Å²) in [5.74, 6) is 0. The first-order valence-electron chi connectivity index (χ1n) is 3.79. The zero-order chi connectivity index (χ0) is 7.45. The Bertz CT molecular complexity index is 116. The van der Waals surface area contributed by atoms with Crippen molar-refractivity contribution in [1.29, 1.82) is 0 Å². The molecule has 0 N–H and O–H groups in total. The van der Waals surface area contributed by atoms with Crippen LogP contribution in [0.25, 0.3) is 0 Å². The molecule has 1 fully saturated rings. The van der Waals surface area contributed by atoms with Gasteiger partial charge in [0.05, 0.1) is 13.6 Å². The number of hydrogen-bond acceptors (Lipinski definition) is 1. The highest BCUT2D eigenvalue weighted by Crippen LogP contribution is 2.10. The molecule has 1 saturated heterocycles. The van der Waals surface area contributed by atoms with E-state index in [-0.39, 0.29) is 0 Å². The molecule has 0 radical (unpaired) electrons. The fourth-order valence-corrected chi connectivity index (χ4v) is 1.21. The van der Waals surface area contributed by atoms with Gasteiger partial charge in [-0.15, -0.1) is 6.58 Å². The maximum atomic E-state index is 5.30. The van der Waals surface area contributed by atoms with E-state index in [1.807, 2.05) is 6.08 Å². The summed E-state index contributed by atoms with van der Waals surface area (Å²) in [6, 6.07) is 0. The van der Waals surface area contributed by atoms with Gasteiger partial charge in [-0.1, -0.05) is 6.08 Å².